The Labute approximate surface area is 139 Å². The third-order valence-electron chi connectivity index (χ3n) is 4.41. The summed E-state index contributed by atoms with van der Waals surface area (Å²) in [4.78, 5) is 19.8. The van der Waals surface area contributed by atoms with Crippen molar-refractivity contribution in [1.29, 1.82) is 0 Å². The summed E-state index contributed by atoms with van der Waals surface area (Å²) in [5.74, 6) is 1.48. The van der Waals surface area contributed by atoms with Crippen LogP contribution in [0.4, 0.5) is 0 Å². The van der Waals surface area contributed by atoms with Crippen LogP contribution in [0.5, 0.6) is 0 Å². The zero-order chi connectivity index (χ0) is 16.4. The van der Waals surface area contributed by atoms with Gasteiger partial charge in [-0.3, -0.25) is 4.79 Å². The molecule has 23 heavy (non-hydrogen) atoms. The summed E-state index contributed by atoms with van der Waals surface area (Å²) in [7, 11) is 0. The van der Waals surface area contributed by atoms with Crippen LogP contribution in [0.25, 0.3) is 0 Å². The number of aromatic nitrogens is 4. The Morgan fingerprint density at radius 2 is 2.30 bits per heavy atom. The Morgan fingerprint density at radius 1 is 1.48 bits per heavy atom. The summed E-state index contributed by atoms with van der Waals surface area (Å²) < 4.78 is 9.34. The van der Waals surface area contributed by atoms with E-state index in [1.807, 2.05) is 11.8 Å². The topological polar surface area (TPSA) is 85.0 Å². The molecule has 0 N–H and O–H groups in total. The van der Waals surface area contributed by atoms with Crippen LogP contribution in [0.15, 0.2) is 4.52 Å². The lowest BCUT2D eigenvalue weighted by Crippen LogP contribution is -2.38. The number of hydrogen-bond donors (Lipinski definition) is 0. The van der Waals surface area contributed by atoms with Crippen molar-refractivity contribution in [3.05, 3.63) is 22.3 Å². The molecule has 2 atom stereocenters. The fraction of sp³-hybridized carbons (Fsp3) is 0.667. The molecule has 2 aromatic rings. The van der Waals surface area contributed by atoms with Crippen LogP contribution in [0, 0.1) is 6.92 Å². The predicted molar refractivity (Wildman–Crippen MR) is 85.3 cm³/mol. The summed E-state index contributed by atoms with van der Waals surface area (Å²) in [6.45, 7) is 6.67. The van der Waals surface area contributed by atoms with E-state index < -0.39 is 0 Å². The Bertz CT molecular complexity index is 683. The normalized spacial score (nSPS) is 19.8. The molecule has 0 bridgehead atoms. The van der Waals surface area contributed by atoms with E-state index in [0.29, 0.717) is 23.0 Å². The van der Waals surface area contributed by atoms with Crippen molar-refractivity contribution in [2.75, 3.05) is 6.54 Å². The number of nitrogens with zero attached hydrogens (tertiary/aromatic N) is 5. The molecule has 0 saturated carbocycles. The first kappa shape index (κ1) is 16.0. The van der Waals surface area contributed by atoms with E-state index in [2.05, 4.69) is 33.6 Å². The van der Waals surface area contributed by atoms with E-state index in [1.165, 1.54) is 0 Å². The average molecular weight is 335 g/mol. The highest BCUT2D eigenvalue weighted by Gasteiger charge is 2.34. The SMILES string of the molecule is CC[C@H](C)c1noc([C@H]2CCCCN2C(=O)c2snnc2C)n1. The van der Waals surface area contributed by atoms with Crippen LogP contribution in [0.3, 0.4) is 0 Å². The lowest BCUT2D eigenvalue weighted by Gasteiger charge is -2.33. The van der Waals surface area contributed by atoms with Crippen molar-refractivity contribution in [1.82, 2.24) is 24.6 Å². The van der Waals surface area contributed by atoms with Crippen LogP contribution in [-0.4, -0.2) is 37.1 Å². The van der Waals surface area contributed by atoms with E-state index >= 15 is 0 Å². The molecule has 1 amide bonds. The average Bonchev–Trinajstić information content (AvgIpc) is 3.22. The molecule has 1 aliphatic heterocycles. The van der Waals surface area contributed by atoms with Gasteiger partial charge in [0.15, 0.2) is 5.82 Å². The maximum atomic E-state index is 12.8. The molecule has 1 fully saturated rings. The highest BCUT2D eigenvalue weighted by Crippen LogP contribution is 2.32. The van der Waals surface area contributed by atoms with Gasteiger partial charge in [-0.2, -0.15) is 4.98 Å². The molecule has 0 radical (unpaired) electrons. The number of aryl methyl sites for hydroxylation is 1. The van der Waals surface area contributed by atoms with Crippen molar-refractivity contribution < 1.29 is 9.32 Å². The second-order valence-corrected chi connectivity index (χ2v) is 6.75. The van der Waals surface area contributed by atoms with E-state index in [4.69, 9.17) is 4.52 Å². The fourth-order valence-electron chi connectivity index (χ4n) is 2.75. The smallest absolute Gasteiger partial charge is 0.268 e. The zero-order valence-corrected chi connectivity index (χ0v) is 14.5. The molecule has 3 rings (SSSR count). The van der Waals surface area contributed by atoms with Crippen molar-refractivity contribution in [2.24, 2.45) is 0 Å². The predicted octanol–water partition coefficient (Wildman–Crippen LogP) is 3.11. The van der Waals surface area contributed by atoms with Gasteiger partial charge < -0.3 is 9.42 Å². The highest BCUT2D eigenvalue weighted by atomic mass is 32.1. The van der Waals surface area contributed by atoms with Crippen LogP contribution in [0.2, 0.25) is 0 Å². The third kappa shape index (κ3) is 3.12. The summed E-state index contributed by atoms with van der Waals surface area (Å²) >= 11 is 1.14. The molecule has 1 aliphatic rings. The molecule has 0 aliphatic carbocycles. The van der Waals surface area contributed by atoms with E-state index in [0.717, 1.165) is 43.0 Å². The highest BCUT2D eigenvalue weighted by molar-refractivity contribution is 7.07. The van der Waals surface area contributed by atoms with Gasteiger partial charge in [0.25, 0.3) is 5.91 Å². The lowest BCUT2D eigenvalue weighted by molar-refractivity contribution is 0.0565. The summed E-state index contributed by atoms with van der Waals surface area (Å²) in [5, 5.41) is 8.03. The van der Waals surface area contributed by atoms with Gasteiger partial charge in [-0.15, -0.1) is 5.10 Å². The lowest BCUT2D eigenvalue weighted by atomic mass is 10.0. The molecule has 2 aromatic heterocycles. The first-order valence-electron chi connectivity index (χ1n) is 8.05. The molecule has 3 heterocycles. The number of carbonyl (C=O) groups is 1. The van der Waals surface area contributed by atoms with E-state index in [1.54, 1.807) is 0 Å². The van der Waals surface area contributed by atoms with Crippen LogP contribution < -0.4 is 0 Å². The van der Waals surface area contributed by atoms with Gasteiger partial charge in [0.05, 0.1) is 5.69 Å². The van der Waals surface area contributed by atoms with Crippen molar-refractivity contribution in [3.8, 4) is 0 Å². The second-order valence-electron chi connectivity index (χ2n) is 6.00. The number of hydrogen-bond acceptors (Lipinski definition) is 7. The van der Waals surface area contributed by atoms with Gasteiger partial charge in [0, 0.05) is 12.5 Å². The first-order chi connectivity index (χ1) is 11.1. The quantitative estimate of drug-likeness (QED) is 0.853. The van der Waals surface area contributed by atoms with Crippen LogP contribution >= 0.6 is 11.5 Å². The van der Waals surface area contributed by atoms with Crippen molar-refractivity contribution in [2.45, 2.75) is 58.4 Å². The molecule has 7 nitrogen and oxygen atoms in total. The summed E-state index contributed by atoms with van der Waals surface area (Å²) in [6, 6.07) is -0.150. The minimum Gasteiger partial charge on any atom is -0.337 e. The number of likely N-dealkylation sites (tertiary alicyclic amines) is 1. The molecule has 1 saturated heterocycles. The van der Waals surface area contributed by atoms with Gasteiger partial charge in [0.1, 0.15) is 10.9 Å². The third-order valence-corrected chi connectivity index (χ3v) is 5.22. The summed E-state index contributed by atoms with van der Waals surface area (Å²) in [6.07, 6.45) is 3.84. The molecule has 8 heteroatoms. The summed E-state index contributed by atoms with van der Waals surface area (Å²) in [5.41, 5.74) is 0.676. The van der Waals surface area contributed by atoms with Crippen molar-refractivity contribution >= 4 is 17.4 Å². The monoisotopic (exact) mass is 335 g/mol. The molecular formula is C15H21N5O2S. The number of amides is 1. The number of rotatable bonds is 4. The van der Waals surface area contributed by atoms with Crippen LogP contribution in [-0.2, 0) is 0 Å². The molecular weight excluding hydrogens is 314 g/mol. The minimum atomic E-state index is -0.150. The van der Waals surface area contributed by atoms with Crippen LogP contribution in [0.1, 0.15) is 78.6 Å². The van der Waals surface area contributed by atoms with Gasteiger partial charge in [-0.05, 0) is 44.1 Å². The molecule has 0 spiro atoms. The number of piperidine rings is 1. The largest absolute Gasteiger partial charge is 0.337 e. The Kier molecular flexibility index (Phi) is 4.70. The maximum absolute atomic E-state index is 12.8. The zero-order valence-electron chi connectivity index (χ0n) is 13.7. The van der Waals surface area contributed by atoms with E-state index in [-0.39, 0.29) is 17.9 Å². The Hall–Kier alpha value is -1.83. The Morgan fingerprint density at radius 3 is 3.00 bits per heavy atom. The second kappa shape index (κ2) is 6.74. The Balaban J connectivity index is 1.85. The maximum Gasteiger partial charge on any atom is 0.268 e. The van der Waals surface area contributed by atoms with Gasteiger partial charge in [0.2, 0.25) is 5.89 Å². The minimum absolute atomic E-state index is 0.0366. The first-order valence-corrected chi connectivity index (χ1v) is 8.82. The van der Waals surface area contributed by atoms with Crippen molar-refractivity contribution in [3.63, 3.8) is 0 Å². The molecule has 0 aromatic carbocycles. The standard InChI is InChI=1S/C15H21N5O2S/c1-4-9(2)13-16-14(22-18-13)11-7-5-6-8-20(11)15(21)12-10(3)17-19-23-12/h9,11H,4-8H2,1-3H3/t9-,11+/m0/s1. The van der Waals surface area contributed by atoms with E-state index in [9.17, 15) is 4.79 Å². The fourth-order valence-corrected chi connectivity index (χ4v) is 3.37. The van der Waals surface area contributed by atoms with Gasteiger partial charge in [-0.25, -0.2) is 0 Å². The number of carbonyl (C=O) groups excluding carboxylic acids is 1. The molecule has 0 unspecified atom stereocenters. The van der Waals surface area contributed by atoms with Gasteiger partial charge >= 0.3 is 0 Å². The van der Waals surface area contributed by atoms with Gasteiger partial charge in [-0.1, -0.05) is 23.5 Å². The molecule has 124 valence electrons.